The molecule has 5 heterocycles. The average Bonchev–Trinajstić information content (AvgIpc) is 3.39. The van der Waals surface area contributed by atoms with Crippen molar-refractivity contribution in [2.75, 3.05) is 44.3 Å². The van der Waals surface area contributed by atoms with E-state index in [2.05, 4.69) is 37.3 Å². The second kappa shape index (κ2) is 10.0. The van der Waals surface area contributed by atoms with Gasteiger partial charge in [-0.25, -0.2) is 19.9 Å². The molecule has 1 aromatic carbocycles. The van der Waals surface area contributed by atoms with E-state index in [0.29, 0.717) is 17.7 Å². The highest BCUT2D eigenvalue weighted by Crippen LogP contribution is 2.37. The Morgan fingerprint density at radius 2 is 1.86 bits per heavy atom. The molecule has 0 radical (unpaired) electrons. The Hall–Kier alpha value is -3.87. The summed E-state index contributed by atoms with van der Waals surface area (Å²) in [5.74, 6) is 1.57. The van der Waals surface area contributed by atoms with Crippen LogP contribution in [0, 0.1) is 11.3 Å². The van der Waals surface area contributed by atoms with E-state index in [4.69, 9.17) is 14.5 Å². The minimum atomic E-state index is 0.128. The molecule has 36 heavy (non-hydrogen) atoms. The van der Waals surface area contributed by atoms with Crippen LogP contribution in [-0.2, 0) is 11.2 Å². The van der Waals surface area contributed by atoms with Gasteiger partial charge in [0.1, 0.15) is 35.8 Å². The first-order valence-corrected chi connectivity index (χ1v) is 12.4. The predicted octanol–water partition coefficient (Wildman–Crippen LogP) is 3.05. The van der Waals surface area contributed by atoms with Crippen LogP contribution in [-0.4, -0.2) is 66.2 Å². The number of aromatic nitrogens is 3. The number of nitriles is 1. The van der Waals surface area contributed by atoms with Crippen LogP contribution in [0.4, 0.5) is 11.5 Å². The van der Waals surface area contributed by atoms with E-state index < -0.39 is 0 Å². The number of hydrogen-bond donors (Lipinski definition) is 1. The minimum absolute atomic E-state index is 0.128. The number of benzene rings is 1. The summed E-state index contributed by atoms with van der Waals surface area (Å²) in [5.41, 5.74) is 5.56. The minimum Gasteiger partial charge on any atom is -0.489 e. The zero-order valence-electron chi connectivity index (χ0n) is 20.0. The number of anilines is 1. The van der Waals surface area contributed by atoms with Crippen LogP contribution in [0.5, 0.6) is 5.75 Å². The molecule has 0 unspecified atom stereocenters. The van der Waals surface area contributed by atoms with Gasteiger partial charge in [0, 0.05) is 36.8 Å². The van der Waals surface area contributed by atoms with Gasteiger partial charge < -0.3 is 19.7 Å². The fourth-order valence-corrected chi connectivity index (χ4v) is 4.87. The standard InChI is InChI=1S/C27H27N7O2/c28-15-20-13-18(1-3-24(20)36-21-5-7-29-8-6-21)26-27-23(31-17-32-26)14-22(33-27)19-2-4-25(30-16-19)34-9-11-35-12-10-34/h1-4,13,16-17,21,29H,5-12,14H2. The third-order valence-electron chi connectivity index (χ3n) is 6.85. The van der Waals surface area contributed by atoms with E-state index in [-0.39, 0.29) is 6.10 Å². The van der Waals surface area contributed by atoms with Gasteiger partial charge in [0.15, 0.2) is 0 Å². The van der Waals surface area contributed by atoms with Gasteiger partial charge in [-0.05, 0) is 56.3 Å². The number of ether oxygens (including phenoxy) is 2. The van der Waals surface area contributed by atoms with Crippen molar-refractivity contribution < 1.29 is 9.47 Å². The normalized spacial score (nSPS) is 17.9. The van der Waals surface area contributed by atoms with Crippen LogP contribution in [0.15, 0.2) is 47.8 Å². The summed E-state index contributed by atoms with van der Waals surface area (Å²) in [7, 11) is 0. The smallest absolute Gasteiger partial charge is 0.137 e. The van der Waals surface area contributed by atoms with Crippen molar-refractivity contribution in [3.05, 3.63) is 59.7 Å². The number of hydrogen-bond acceptors (Lipinski definition) is 9. The van der Waals surface area contributed by atoms with Crippen molar-refractivity contribution in [1.29, 1.82) is 5.26 Å². The van der Waals surface area contributed by atoms with Crippen molar-refractivity contribution in [2.45, 2.75) is 25.4 Å². The first kappa shape index (κ1) is 22.6. The van der Waals surface area contributed by atoms with Gasteiger partial charge in [0.05, 0.1) is 35.9 Å². The molecule has 0 aliphatic carbocycles. The number of rotatable bonds is 5. The molecule has 0 bridgehead atoms. The van der Waals surface area contributed by atoms with Gasteiger partial charge in [-0.2, -0.15) is 5.26 Å². The number of pyridine rings is 1. The summed E-state index contributed by atoms with van der Waals surface area (Å²) in [6.45, 7) is 5.03. The molecule has 0 amide bonds. The molecular weight excluding hydrogens is 454 g/mol. The van der Waals surface area contributed by atoms with E-state index in [1.54, 1.807) is 6.33 Å². The molecule has 3 aliphatic heterocycles. The Labute approximate surface area is 209 Å². The lowest BCUT2D eigenvalue weighted by atomic mass is 10.0. The van der Waals surface area contributed by atoms with Gasteiger partial charge in [-0.3, -0.25) is 0 Å². The number of morpholine rings is 1. The maximum atomic E-state index is 9.80. The number of nitrogens with zero attached hydrogens (tertiary/aromatic N) is 6. The lowest BCUT2D eigenvalue weighted by Gasteiger charge is -2.27. The highest BCUT2D eigenvalue weighted by Gasteiger charge is 2.24. The van der Waals surface area contributed by atoms with Crippen LogP contribution in [0.3, 0.4) is 0 Å². The van der Waals surface area contributed by atoms with E-state index in [1.807, 2.05) is 30.5 Å². The lowest BCUT2D eigenvalue weighted by molar-refractivity contribution is 0.122. The molecule has 2 aromatic heterocycles. The van der Waals surface area contributed by atoms with E-state index in [1.165, 1.54) is 0 Å². The molecule has 0 spiro atoms. The SMILES string of the molecule is N#Cc1cc(-c2ncnc3c2N=C(c2ccc(N4CCOCC4)nc2)C3)ccc1OC1CCNCC1. The molecule has 9 heteroatoms. The van der Waals surface area contributed by atoms with Crippen LogP contribution >= 0.6 is 0 Å². The Kier molecular flexibility index (Phi) is 6.28. The molecule has 2 fully saturated rings. The number of piperidine rings is 1. The summed E-state index contributed by atoms with van der Waals surface area (Å²) < 4.78 is 11.6. The van der Waals surface area contributed by atoms with E-state index >= 15 is 0 Å². The van der Waals surface area contributed by atoms with Crippen LogP contribution in [0.25, 0.3) is 11.3 Å². The molecule has 3 aromatic rings. The predicted molar refractivity (Wildman–Crippen MR) is 136 cm³/mol. The molecule has 182 valence electrons. The first-order chi connectivity index (χ1) is 17.8. The van der Waals surface area contributed by atoms with E-state index in [0.717, 1.165) is 92.0 Å². The lowest BCUT2D eigenvalue weighted by Crippen LogP contribution is -2.36. The van der Waals surface area contributed by atoms with Crippen molar-refractivity contribution in [3.8, 4) is 23.1 Å². The third kappa shape index (κ3) is 4.53. The van der Waals surface area contributed by atoms with Crippen molar-refractivity contribution in [2.24, 2.45) is 4.99 Å². The largest absolute Gasteiger partial charge is 0.489 e. The zero-order chi connectivity index (χ0) is 24.3. The number of aliphatic imine (C=N–C) groups is 1. The fraction of sp³-hybridized carbons (Fsp3) is 0.370. The van der Waals surface area contributed by atoms with Gasteiger partial charge in [-0.15, -0.1) is 0 Å². The summed E-state index contributed by atoms with van der Waals surface area (Å²) >= 11 is 0. The average molecular weight is 482 g/mol. The Morgan fingerprint density at radius 1 is 1.03 bits per heavy atom. The van der Waals surface area contributed by atoms with Crippen molar-refractivity contribution in [3.63, 3.8) is 0 Å². The number of fused-ring (bicyclic) bond motifs is 1. The number of nitrogens with one attached hydrogen (secondary N) is 1. The van der Waals surface area contributed by atoms with Crippen molar-refractivity contribution >= 4 is 17.2 Å². The summed E-state index contributed by atoms with van der Waals surface area (Å²) in [4.78, 5) is 20.8. The highest BCUT2D eigenvalue weighted by molar-refractivity contribution is 6.07. The highest BCUT2D eigenvalue weighted by atomic mass is 16.5. The molecule has 2 saturated heterocycles. The van der Waals surface area contributed by atoms with Gasteiger partial charge in [0.25, 0.3) is 0 Å². The maximum Gasteiger partial charge on any atom is 0.137 e. The molecule has 9 nitrogen and oxygen atoms in total. The zero-order valence-corrected chi connectivity index (χ0v) is 20.0. The van der Waals surface area contributed by atoms with Gasteiger partial charge >= 0.3 is 0 Å². The summed E-state index contributed by atoms with van der Waals surface area (Å²) in [6.07, 6.45) is 6.06. The monoisotopic (exact) mass is 481 g/mol. The van der Waals surface area contributed by atoms with E-state index in [9.17, 15) is 5.26 Å². The Balaban J connectivity index is 1.25. The van der Waals surface area contributed by atoms with Crippen LogP contribution in [0.2, 0.25) is 0 Å². The topological polar surface area (TPSA) is 109 Å². The fourth-order valence-electron chi connectivity index (χ4n) is 4.87. The molecular formula is C27H27N7O2. The van der Waals surface area contributed by atoms with Gasteiger partial charge in [-0.1, -0.05) is 0 Å². The molecule has 0 atom stereocenters. The van der Waals surface area contributed by atoms with Gasteiger partial charge in [0.2, 0.25) is 0 Å². The van der Waals surface area contributed by atoms with Crippen LogP contribution < -0.4 is 15.0 Å². The Bertz CT molecular complexity index is 1320. The quantitative estimate of drug-likeness (QED) is 0.592. The second-order valence-electron chi connectivity index (χ2n) is 9.15. The van der Waals surface area contributed by atoms with Crippen molar-refractivity contribution in [1.82, 2.24) is 20.3 Å². The second-order valence-corrected chi connectivity index (χ2v) is 9.15. The maximum absolute atomic E-state index is 9.80. The van der Waals surface area contributed by atoms with Crippen LogP contribution in [0.1, 0.15) is 29.7 Å². The summed E-state index contributed by atoms with van der Waals surface area (Å²) in [6, 6.07) is 12.1. The first-order valence-electron chi connectivity index (χ1n) is 12.4. The summed E-state index contributed by atoms with van der Waals surface area (Å²) in [5, 5.41) is 13.1. The molecule has 0 saturated carbocycles. The molecule has 6 rings (SSSR count). The Morgan fingerprint density at radius 3 is 2.64 bits per heavy atom. The molecule has 3 aliphatic rings. The molecule has 1 N–H and O–H groups in total. The third-order valence-corrected chi connectivity index (χ3v) is 6.85.